The van der Waals surface area contributed by atoms with E-state index in [4.69, 9.17) is 17.3 Å². The number of nitrogens with zero attached hydrogens (tertiary/aromatic N) is 3. The van der Waals surface area contributed by atoms with E-state index in [1.54, 1.807) is 12.1 Å². The molecule has 8 nitrogen and oxygen atoms in total. The summed E-state index contributed by atoms with van der Waals surface area (Å²) in [5, 5.41) is 30.0. The van der Waals surface area contributed by atoms with Crippen molar-refractivity contribution in [1.82, 2.24) is 4.57 Å². The fourth-order valence-electron chi connectivity index (χ4n) is 2.49. The van der Waals surface area contributed by atoms with Crippen LogP contribution >= 0.6 is 23.6 Å². The van der Waals surface area contributed by atoms with Crippen LogP contribution in [0.5, 0.6) is 5.88 Å². The number of carbonyl (C=O) groups is 2. The van der Waals surface area contributed by atoms with E-state index in [2.05, 4.69) is 9.98 Å². The zero-order valence-electron chi connectivity index (χ0n) is 13.2. The smallest absolute Gasteiger partial charge is 0.326 e. The van der Waals surface area contributed by atoms with Crippen LogP contribution in [-0.2, 0) is 9.59 Å². The first-order valence-corrected chi connectivity index (χ1v) is 8.72. The van der Waals surface area contributed by atoms with Gasteiger partial charge in [-0.25, -0.2) is 14.8 Å². The lowest BCUT2D eigenvalue weighted by Gasteiger charge is -2.14. The molecule has 0 bridgehead atoms. The van der Waals surface area contributed by atoms with E-state index in [0.29, 0.717) is 21.4 Å². The van der Waals surface area contributed by atoms with Crippen LogP contribution in [0.1, 0.15) is 23.8 Å². The normalized spacial score (nSPS) is 13.5. The fourth-order valence-corrected chi connectivity index (χ4v) is 3.83. The Morgan fingerprint density at radius 1 is 1.23 bits per heavy atom. The third kappa shape index (κ3) is 3.55. The topological polar surface area (TPSA) is 124 Å². The van der Waals surface area contributed by atoms with Crippen LogP contribution in [0.15, 0.2) is 40.1 Å². The van der Waals surface area contributed by atoms with Crippen molar-refractivity contribution in [3.8, 4) is 5.88 Å². The Bertz CT molecular complexity index is 1060. The van der Waals surface area contributed by atoms with E-state index in [1.807, 2.05) is 12.1 Å². The second-order valence-electron chi connectivity index (χ2n) is 5.43. The lowest BCUT2D eigenvalue weighted by atomic mass is 10.1. The van der Waals surface area contributed by atoms with Gasteiger partial charge in [-0.3, -0.25) is 9.36 Å². The highest BCUT2D eigenvalue weighted by atomic mass is 32.1. The Morgan fingerprint density at radius 2 is 1.85 bits per heavy atom. The summed E-state index contributed by atoms with van der Waals surface area (Å²) < 4.78 is 1.18. The number of carboxylic acids is 2. The molecule has 134 valence electrons. The molecule has 3 rings (SSSR count). The van der Waals surface area contributed by atoms with Gasteiger partial charge in [-0.2, -0.15) is 0 Å². The molecule has 0 spiro atoms. The van der Waals surface area contributed by atoms with Crippen molar-refractivity contribution in [2.24, 2.45) is 9.98 Å². The Morgan fingerprint density at radius 3 is 2.38 bits per heavy atom. The molecule has 0 saturated heterocycles. The molecule has 10 heteroatoms. The van der Waals surface area contributed by atoms with Gasteiger partial charge in [0, 0.05) is 12.5 Å². The van der Waals surface area contributed by atoms with E-state index in [1.165, 1.54) is 6.08 Å². The molecule has 1 atom stereocenters. The van der Waals surface area contributed by atoms with Gasteiger partial charge in [0.25, 0.3) is 0 Å². The number of hydrogen-bond donors (Lipinski definition) is 3. The second kappa shape index (κ2) is 7.18. The fraction of sp³-hybridized carbons (Fsp3) is 0.188. The average molecular weight is 391 g/mol. The number of thiazole rings is 1. The monoisotopic (exact) mass is 391 g/mol. The molecule has 1 aliphatic rings. The Balaban J connectivity index is 1.99. The molecule has 0 saturated carbocycles. The number of aromatic hydroxyl groups is 1. The summed E-state index contributed by atoms with van der Waals surface area (Å²) in [6.07, 6.45) is 0.965. The summed E-state index contributed by atoms with van der Waals surface area (Å²) in [6.45, 7) is 0. The SMILES string of the molecule is O=C(O)CCC(C(=O)O)n1c(O)c(C=C2N=c3ccccc3=N2)sc1=S. The largest absolute Gasteiger partial charge is 0.493 e. The molecule has 1 aromatic heterocycles. The molecule has 3 N–H and O–H groups in total. The van der Waals surface area contributed by atoms with Gasteiger partial charge in [-0.1, -0.05) is 12.1 Å². The number of fused-ring (bicyclic) bond motifs is 1. The molecule has 2 heterocycles. The first kappa shape index (κ1) is 18.0. The Labute approximate surface area is 155 Å². The summed E-state index contributed by atoms with van der Waals surface area (Å²) in [6, 6.07) is 6.01. The average Bonchev–Trinajstić information content (AvgIpc) is 3.09. The molecule has 0 amide bonds. The van der Waals surface area contributed by atoms with E-state index in [9.17, 15) is 19.8 Å². The van der Waals surface area contributed by atoms with Crippen molar-refractivity contribution in [2.75, 3.05) is 0 Å². The number of aliphatic carboxylic acids is 2. The van der Waals surface area contributed by atoms with Crippen molar-refractivity contribution < 1.29 is 24.9 Å². The minimum atomic E-state index is -1.27. The van der Waals surface area contributed by atoms with Crippen LogP contribution in [0.4, 0.5) is 0 Å². The third-order valence-corrected chi connectivity index (χ3v) is 5.02. The molecule has 26 heavy (non-hydrogen) atoms. The van der Waals surface area contributed by atoms with Gasteiger partial charge >= 0.3 is 11.9 Å². The second-order valence-corrected chi connectivity index (χ2v) is 7.10. The summed E-state index contributed by atoms with van der Waals surface area (Å²) >= 11 is 6.17. The van der Waals surface area contributed by atoms with Gasteiger partial charge in [-0.15, -0.1) is 11.3 Å². The lowest BCUT2D eigenvalue weighted by Crippen LogP contribution is -2.20. The van der Waals surface area contributed by atoms with Crippen molar-refractivity contribution in [1.29, 1.82) is 0 Å². The minimum absolute atomic E-state index is 0.127. The molecule has 1 unspecified atom stereocenters. The van der Waals surface area contributed by atoms with Crippen molar-refractivity contribution in [3.63, 3.8) is 0 Å². The minimum Gasteiger partial charge on any atom is -0.493 e. The Hall–Kier alpha value is -2.85. The first-order valence-electron chi connectivity index (χ1n) is 7.50. The maximum absolute atomic E-state index is 11.5. The van der Waals surface area contributed by atoms with Gasteiger partial charge in [0.05, 0.1) is 15.6 Å². The van der Waals surface area contributed by atoms with Gasteiger partial charge < -0.3 is 15.3 Å². The molecular formula is C16H13N3O5S2. The summed E-state index contributed by atoms with van der Waals surface area (Å²) in [7, 11) is 0. The maximum Gasteiger partial charge on any atom is 0.326 e. The van der Waals surface area contributed by atoms with Gasteiger partial charge in [-0.05, 0) is 30.8 Å². The highest BCUT2D eigenvalue weighted by Gasteiger charge is 2.26. The zero-order valence-corrected chi connectivity index (χ0v) is 14.8. The van der Waals surface area contributed by atoms with Crippen LogP contribution in [0.3, 0.4) is 0 Å². The quantitative estimate of drug-likeness (QED) is 0.644. The number of aromatic nitrogens is 1. The summed E-state index contributed by atoms with van der Waals surface area (Å²) in [5.74, 6) is -2.37. The molecule has 1 aromatic carbocycles. The predicted molar refractivity (Wildman–Crippen MR) is 95.1 cm³/mol. The van der Waals surface area contributed by atoms with Gasteiger partial charge in [0.15, 0.2) is 9.78 Å². The van der Waals surface area contributed by atoms with E-state index >= 15 is 0 Å². The number of hydrogen-bond acceptors (Lipinski definition) is 7. The van der Waals surface area contributed by atoms with Gasteiger partial charge in [0.1, 0.15) is 6.04 Å². The number of para-hydroxylation sites is 2. The van der Waals surface area contributed by atoms with Crippen molar-refractivity contribution in [3.05, 3.63) is 49.6 Å². The Kier molecular flexibility index (Phi) is 4.96. The van der Waals surface area contributed by atoms with Crippen LogP contribution in [0.2, 0.25) is 0 Å². The number of rotatable bonds is 6. The molecule has 0 fully saturated rings. The molecule has 2 aromatic rings. The van der Waals surface area contributed by atoms with E-state index < -0.39 is 18.0 Å². The highest BCUT2D eigenvalue weighted by Crippen LogP contribution is 2.33. The molecular weight excluding hydrogens is 378 g/mol. The number of benzene rings is 1. The van der Waals surface area contributed by atoms with Crippen LogP contribution in [0, 0.1) is 3.95 Å². The van der Waals surface area contributed by atoms with Crippen LogP contribution in [0.25, 0.3) is 6.08 Å². The molecule has 0 aliphatic carbocycles. The molecule has 1 aliphatic heterocycles. The lowest BCUT2D eigenvalue weighted by molar-refractivity contribution is -0.142. The summed E-state index contributed by atoms with van der Waals surface area (Å²) in [5.41, 5.74) is 0. The summed E-state index contributed by atoms with van der Waals surface area (Å²) in [4.78, 5) is 31.2. The van der Waals surface area contributed by atoms with Gasteiger partial charge in [0.2, 0.25) is 5.88 Å². The highest BCUT2D eigenvalue weighted by molar-refractivity contribution is 7.73. The van der Waals surface area contributed by atoms with Crippen molar-refractivity contribution in [2.45, 2.75) is 18.9 Å². The van der Waals surface area contributed by atoms with Crippen molar-refractivity contribution >= 4 is 41.6 Å². The van der Waals surface area contributed by atoms with Crippen LogP contribution in [-0.4, -0.2) is 31.8 Å². The molecule has 0 radical (unpaired) electrons. The number of carboxylic acid groups (broad SMARTS) is 2. The van der Waals surface area contributed by atoms with E-state index in [0.717, 1.165) is 15.9 Å². The first-order chi connectivity index (χ1) is 12.4. The zero-order chi connectivity index (χ0) is 18.8. The van der Waals surface area contributed by atoms with Crippen LogP contribution < -0.4 is 10.7 Å². The standard InChI is InChI=1S/C16H13N3O5S2/c20-13(21)6-5-10(15(23)24)19-14(22)11(26-16(19)25)7-12-17-8-3-1-2-4-9(8)18-12/h1-4,7,10,22H,5-6H2,(H,20,21)(H,23,24). The predicted octanol–water partition coefficient (Wildman–Crippen LogP) is 1.73. The van der Waals surface area contributed by atoms with E-state index in [-0.39, 0.29) is 22.7 Å². The third-order valence-electron chi connectivity index (χ3n) is 3.68. The maximum atomic E-state index is 11.5.